The van der Waals surface area contributed by atoms with Gasteiger partial charge in [-0.3, -0.25) is 0 Å². The van der Waals surface area contributed by atoms with E-state index < -0.39 is 0 Å². The van der Waals surface area contributed by atoms with E-state index in [1.54, 1.807) is 0 Å². The fourth-order valence-corrected chi connectivity index (χ4v) is 2.28. The molecule has 0 spiro atoms. The summed E-state index contributed by atoms with van der Waals surface area (Å²) in [6.45, 7) is 4.16. The average molecular weight is 242 g/mol. The van der Waals surface area contributed by atoms with Gasteiger partial charge in [-0.05, 0) is 13.3 Å². The molecule has 0 aliphatic heterocycles. The van der Waals surface area contributed by atoms with E-state index in [0.29, 0.717) is 0 Å². The van der Waals surface area contributed by atoms with E-state index in [2.05, 4.69) is 6.92 Å². The molecule has 1 atom stereocenters. The van der Waals surface area contributed by atoms with Crippen molar-refractivity contribution in [2.24, 2.45) is 0 Å². The Hall–Kier alpha value is -0.0400. The van der Waals surface area contributed by atoms with Crippen molar-refractivity contribution in [3.05, 3.63) is 0 Å². The summed E-state index contributed by atoms with van der Waals surface area (Å²) in [5.41, 5.74) is 0. The average Bonchev–Trinajstić information content (AvgIpc) is 2.30. The van der Waals surface area contributed by atoms with Crippen LogP contribution in [-0.2, 0) is 0 Å². The summed E-state index contributed by atoms with van der Waals surface area (Å²) in [6, 6.07) is 0. The SMILES string of the molecule is CCCCCCCCCCCCCCC(C)O. The van der Waals surface area contributed by atoms with Gasteiger partial charge in [-0.25, -0.2) is 0 Å². The third kappa shape index (κ3) is 16.0. The number of aliphatic hydroxyl groups excluding tert-OH is 1. The Morgan fingerprint density at radius 2 is 1.00 bits per heavy atom. The van der Waals surface area contributed by atoms with Crippen LogP contribution in [0.25, 0.3) is 0 Å². The van der Waals surface area contributed by atoms with Gasteiger partial charge in [0.25, 0.3) is 0 Å². The molecule has 0 saturated heterocycles. The van der Waals surface area contributed by atoms with E-state index >= 15 is 0 Å². The molecule has 0 radical (unpaired) electrons. The van der Waals surface area contributed by atoms with Crippen LogP contribution in [0.5, 0.6) is 0 Å². The second kappa shape index (κ2) is 14.0. The molecule has 0 aliphatic rings. The predicted molar refractivity (Wildman–Crippen MR) is 77.4 cm³/mol. The van der Waals surface area contributed by atoms with Gasteiger partial charge < -0.3 is 5.11 Å². The smallest absolute Gasteiger partial charge is 0.0512 e. The first-order valence-corrected chi connectivity index (χ1v) is 7.95. The summed E-state index contributed by atoms with van der Waals surface area (Å²) >= 11 is 0. The van der Waals surface area contributed by atoms with Crippen molar-refractivity contribution in [3.63, 3.8) is 0 Å². The van der Waals surface area contributed by atoms with Crippen LogP contribution in [0.4, 0.5) is 0 Å². The third-order valence-electron chi connectivity index (χ3n) is 3.48. The van der Waals surface area contributed by atoms with Crippen LogP contribution in [0.2, 0.25) is 0 Å². The van der Waals surface area contributed by atoms with Crippen LogP contribution < -0.4 is 0 Å². The standard InChI is InChI=1S/C16H34O/c1-3-4-5-6-7-8-9-10-11-12-13-14-15-16(2)17/h16-17H,3-15H2,1-2H3. The highest BCUT2D eigenvalue weighted by Gasteiger charge is 1.96. The van der Waals surface area contributed by atoms with Crippen molar-refractivity contribution in [1.29, 1.82) is 0 Å². The zero-order chi connectivity index (χ0) is 12.8. The Labute approximate surface area is 109 Å². The van der Waals surface area contributed by atoms with Crippen LogP contribution in [0.15, 0.2) is 0 Å². The molecule has 0 saturated carbocycles. The fraction of sp³-hybridized carbons (Fsp3) is 1.00. The first-order valence-electron chi connectivity index (χ1n) is 7.95. The lowest BCUT2D eigenvalue weighted by molar-refractivity contribution is 0.180. The van der Waals surface area contributed by atoms with Gasteiger partial charge in [-0.2, -0.15) is 0 Å². The lowest BCUT2D eigenvalue weighted by atomic mass is 10.0. The van der Waals surface area contributed by atoms with Crippen molar-refractivity contribution in [2.75, 3.05) is 0 Å². The van der Waals surface area contributed by atoms with Gasteiger partial charge in [0.1, 0.15) is 0 Å². The molecule has 0 fully saturated rings. The summed E-state index contributed by atoms with van der Waals surface area (Å²) in [7, 11) is 0. The highest BCUT2D eigenvalue weighted by atomic mass is 16.3. The lowest BCUT2D eigenvalue weighted by Crippen LogP contribution is -1.98. The maximum atomic E-state index is 9.11. The van der Waals surface area contributed by atoms with Gasteiger partial charge in [0, 0.05) is 0 Å². The molecule has 0 aromatic heterocycles. The van der Waals surface area contributed by atoms with E-state index in [1.165, 1.54) is 77.0 Å². The van der Waals surface area contributed by atoms with Crippen molar-refractivity contribution >= 4 is 0 Å². The molecule has 1 unspecified atom stereocenters. The Bertz CT molecular complexity index is 131. The van der Waals surface area contributed by atoms with E-state index in [0.717, 1.165) is 6.42 Å². The van der Waals surface area contributed by atoms with Crippen molar-refractivity contribution in [1.82, 2.24) is 0 Å². The molecule has 1 heteroatoms. The normalized spacial score (nSPS) is 12.9. The van der Waals surface area contributed by atoms with Crippen LogP contribution in [0.3, 0.4) is 0 Å². The number of rotatable bonds is 13. The molecule has 1 nitrogen and oxygen atoms in total. The van der Waals surface area contributed by atoms with Crippen molar-refractivity contribution in [2.45, 2.75) is 103 Å². The summed E-state index contributed by atoms with van der Waals surface area (Å²) < 4.78 is 0. The maximum absolute atomic E-state index is 9.11. The molecule has 104 valence electrons. The van der Waals surface area contributed by atoms with Gasteiger partial charge in [-0.15, -0.1) is 0 Å². The minimum Gasteiger partial charge on any atom is -0.393 e. The quantitative estimate of drug-likeness (QED) is 0.425. The second-order valence-electron chi connectivity index (χ2n) is 5.53. The van der Waals surface area contributed by atoms with E-state index in [9.17, 15) is 0 Å². The summed E-state index contributed by atoms with van der Waals surface area (Å²) in [4.78, 5) is 0. The Morgan fingerprint density at radius 1 is 0.647 bits per heavy atom. The number of hydrogen-bond acceptors (Lipinski definition) is 1. The first kappa shape index (κ1) is 17.0. The number of aliphatic hydroxyl groups is 1. The van der Waals surface area contributed by atoms with Gasteiger partial charge in [-0.1, -0.05) is 84.0 Å². The topological polar surface area (TPSA) is 20.2 Å². The Morgan fingerprint density at radius 3 is 1.35 bits per heavy atom. The first-order chi connectivity index (χ1) is 8.27. The predicted octanol–water partition coefficient (Wildman–Crippen LogP) is 5.46. The molecule has 0 bridgehead atoms. The van der Waals surface area contributed by atoms with Gasteiger partial charge in [0.05, 0.1) is 6.10 Å². The Kier molecular flexibility index (Phi) is 14.0. The van der Waals surface area contributed by atoms with Gasteiger partial charge >= 0.3 is 0 Å². The van der Waals surface area contributed by atoms with Gasteiger partial charge in [0.15, 0.2) is 0 Å². The fourth-order valence-electron chi connectivity index (χ4n) is 2.28. The van der Waals surface area contributed by atoms with E-state index in [1.807, 2.05) is 6.92 Å². The molecule has 0 heterocycles. The molecule has 1 N–H and O–H groups in total. The van der Waals surface area contributed by atoms with E-state index in [4.69, 9.17) is 5.11 Å². The van der Waals surface area contributed by atoms with Crippen molar-refractivity contribution in [3.8, 4) is 0 Å². The minimum atomic E-state index is -0.0990. The molecule has 0 aromatic rings. The molecule has 0 aliphatic carbocycles. The highest BCUT2D eigenvalue weighted by molar-refractivity contribution is 4.50. The molecule has 17 heavy (non-hydrogen) atoms. The Balaban J connectivity index is 2.89. The molecule has 0 rings (SSSR count). The maximum Gasteiger partial charge on any atom is 0.0512 e. The van der Waals surface area contributed by atoms with Crippen LogP contribution in [0, 0.1) is 0 Å². The summed E-state index contributed by atoms with van der Waals surface area (Å²) in [5.74, 6) is 0. The van der Waals surface area contributed by atoms with Gasteiger partial charge in [0.2, 0.25) is 0 Å². The van der Waals surface area contributed by atoms with E-state index in [-0.39, 0.29) is 6.10 Å². The zero-order valence-corrected chi connectivity index (χ0v) is 12.2. The molecular weight excluding hydrogens is 208 g/mol. The monoisotopic (exact) mass is 242 g/mol. The molecular formula is C16H34O. The molecule has 0 amide bonds. The molecule has 0 aromatic carbocycles. The second-order valence-corrected chi connectivity index (χ2v) is 5.53. The highest BCUT2D eigenvalue weighted by Crippen LogP contribution is 2.12. The lowest BCUT2D eigenvalue weighted by Gasteiger charge is -2.04. The summed E-state index contributed by atoms with van der Waals surface area (Å²) in [5, 5.41) is 9.11. The van der Waals surface area contributed by atoms with Crippen LogP contribution >= 0.6 is 0 Å². The largest absolute Gasteiger partial charge is 0.393 e. The minimum absolute atomic E-state index is 0.0990. The van der Waals surface area contributed by atoms with Crippen LogP contribution in [0.1, 0.15) is 97.3 Å². The summed E-state index contributed by atoms with van der Waals surface area (Å²) in [6.07, 6.45) is 17.6. The number of unbranched alkanes of at least 4 members (excludes halogenated alkanes) is 11. The number of hydrogen-bond donors (Lipinski definition) is 1. The zero-order valence-electron chi connectivity index (χ0n) is 12.2. The van der Waals surface area contributed by atoms with Crippen LogP contribution in [-0.4, -0.2) is 11.2 Å². The van der Waals surface area contributed by atoms with Crippen molar-refractivity contribution < 1.29 is 5.11 Å². The third-order valence-corrected chi connectivity index (χ3v) is 3.48.